The van der Waals surface area contributed by atoms with Gasteiger partial charge in [-0.15, -0.1) is 0 Å². The highest BCUT2D eigenvalue weighted by molar-refractivity contribution is 5.69. The maximum absolute atomic E-state index is 5.10. The molecule has 4 heteroatoms. The molecule has 0 atom stereocenters. The third-order valence-electron chi connectivity index (χ3n) is 6.20. The fraction of sp³-hybridized carbons (Fsp3) is 0.103. The molecule has 0 aliphatic carbocycles. The van der Waals surface area contributed by atoms with Gasteiger partial charge in [-0.3, -0.25) is 8.80 Å². The number of benzene rings is 2. The van der Waals surface area contributed by atoms with E-state index in [0.29, 0.717) is 6.42 Å². The fourth-order valence-electron chi connectivity index (χ4n) is 4.44. The van der Waals surface area contributed by atoms with E-state index >= 15 is 0 Å². The van der Waals surface area contributed by atoms with Crippen molar-refractivity contribution in [3.63, 3.8) is 0 Å². The third kappa shape index (κ3) is 3.40. The number of pyridine rings is 2. The Morgan fingerprint density at radius 1 is 0.545 bits per heavy atom. The quantitative estimate of drug-likeness (QED) is 0.320. The van der Waals surface area contributed by atoms with Crippen molar-refractivity contribution >= 4 is 11.0 Å². The molecule has 33 heavy (non-hydrogen) atoms. The Labute approximate surface area is 192 Å². The van der Waals surface area contributed by atoms with Gasteiger partial charge in [-0.2, -0.15) is 0 Å². The summed E-state index contributed by atoms with van der Waals surface area (Å²) in [5.74, 6) is 1.92. The summed E-state index contributed by atoms with van der Waals surface area (Å²) in [7, 11) is 0. The maximum Gasteiger partial charge on any atom is 0.144 e. The third-order valence-corrected chi connectivity index (χ3v) is 6.20. The van der Waals surface area contributed by atoms with Crippen molar-refractivity contribution in [2.45, 2.75) is 20.3 Å². The first-order chi connectivity index (χ1) is 16.2. The van der Waals surface area contributed by atoms with Gasteiger partial charge >= 0.3 is 0 Å². The van der Waals surface area contributed by atoms with Crippen molar-refractivity contribution in [1.29, 1.82) is 0 Å². The molecule has 0 amide bonds. The van der Waals surface area contributed by atoms with Crippen LogP contribution in [0.3, 0.4) is 0 Å². The molecule has 0 fully saturated rings. The van der Waals surface area contributed by atoms with Crippen LogP contribution in [-0.2, 0) is 6.42 Å². The Bertz CT molecular complexity index is 1460. The Hall–Kier alpha value is -4.18. The largest absolute Gasteiger partial charge is 0.299 e. The fourth-order valence-corrected chi connectivity index (χ4v) is 4.44. The van der Waals surface area contributed by atoms with Gasteiger partial charge in [-0.1, -0.05) is 71.8 Å². The Morgan fingerprint density at radius 3 is 1.39 bits per heavy atom. The standard InChI is InChI=1S/C29H24N4/c1-20-9-13-22(14-10-20)28-30-24(26-7-3-5-17-32(26)28)19-25-27-8-4-6-18-33(27)29(31-25)23-15-11-21(2)12-16-23/h3-18H,19H2,1-2H3. The first-order valence-corrected chi connectivity index (χ1v) is 11.2. The van der Waals surface area contributed by atoms with Crippen molar-refractivity contribution < 1.29 is 0 Å². The van der Waals surface area contributed by atoms with E-state index in [1.54, 1.807) is 0 Å². The summed E-state index contributed by atoms with van der Waals surface area (Å²) in [6.45, 7) is 4.21. The number of fused-ring (bicyclic) bond motifs is 2. The second-order valence-corrected chi connectivity index (χ2v) is 8.58. The first-order valence-electron chi connectivity index (χ1n) is 11.2. The predicted molar refractivity (Wildman–Crippen MR) is 134 cm³/mol. The molecule has 4 aromatic heterocycles. The lowest BCUT2D eigenvalue weighted by Crippen LogP contribution is -1.91. The summed E-state index contributed by atoms with van der Waals surface area (Å²) in [4.78, 5) is 10.2. The molecule has 0 saturated carbocycles. The molecule has 0 aliphatic heterocycles. The molecular weight excluding hydrogens is 404 g/mol. The van der Waals surface area contributed by atoms with Crippen LogP contribution in [0.15, 0.2) is 97.3 Å². The minimum absolute atomic E-state index is 0.665. The molecule has 0 spiro atoms. The van der Waals surface area contributed by atoms with Crippen LogP contribution in [0.1, 0.15) is 22.5 Å². The average molecular weight is 429 g/mol. The van der Waals surface area contributed by atoms with Crippen molar-refractivity contribution in [2.75, 3.05) is 0 Å². The minimum Gasteiger partial charge on any atom is -0.299 e. The van der Waals surface area contributed by atoms with E-state index in [1.165, 1.54) is 11.1 Å². The lowest BCUT2D eigenvalue weighted by atomic mass is 10.1. The van der Waals surface area contributed by atoms with Crippen molar-refractivity contribution in [3.05, 3.63) is 120 Å². The van der Waals surface area contributed by atoms with E-state index in [0.717, 1.165) is 45.2 Å². The van der Waals surface area contributed by atoms with Gasteiger partial charge < -0.3 is 0 Å². The minimum atomic E-state index is 0.665. The number of hydrogen-bond acceptors (Lipinski definition) is 2. The lowest BCUT2D eigenvalue weighted by Gasteiger charge is -2.01. The number of nitrogens with zero attached hydrogens (tertiary/aromatic N) is 4. The highest BCUT2D eigenvalue weighted by Crippen LogP contribution is 2.28. The molecule has 2 aromatic carbocycles. The van der Waals surface area contributed by atoms with Crippen LogP contribution in [0.4, 0.5) is 0 Å². The molecule has 0 unspecified atom stereocenters. The topological polar surface area (TPSA) is 34.6 Å². The zero-order valence-electron chi connectivity index (χ0n) is 18.7. The zero-order valence-corrected chi connectivity index (χ0v) is 18.7. The summed E-state index contributed by atoms with van der Waals surface area (Å²) < 4.78 is 4.36. The number of aryl methyl sites for hydroxylation is 2. The van der Waals surface area contributed by atoms with Gasteiger partial charge in [-0.05, 0) is 38.1 Å². The summed E-state index contributed by atoms with van der Waals surface area (Å²) >= 11 is 0. The van der Waals surface area contributed by atoms with Gasteiger partial charge in [0.1, 0.15) is 11.6 Å². The van der Waals surface area contributed by atoms with Crippen LogP contribution in [0.5, 0.6) is 0 Å². The van der Waals surface area contributed by atoms with E-state index in [1.807, 2.05) is 0 Å². The molecule has 6 aromatic rings. The number of imidazole rings is 2. The van der Waals surface area contributed by atoms with Crippen molar-refractivity contribution in [1.82, 2.24) is 18.8 Å². The smallest absolute Gasteiger partial charge is 0.144 e. The molecule has 0 saturated heterocycles. The molecule has 4 heterocycles. The van der Waals surface area contributed by atoms with Gasteiger partial charge in [0.05, 0.1) is 22.4 Å². The normalized spacial score (nSPS) is 11.5. The van der Waals surface area contributed by atoms with Crippen LogP contribution in [0.25, 0.3) is 33.8 Å². The van der Waals surface area contributed by atoms with E-state index in [9.17, 15) is 0 Å². The highest BCUT2D eigenvalue weighted by atomic mass is 15.0. The molecule has 160 valence electrons. The molecule has 0 aliphatic rings. The van der Waals surface area contributed by atoms with Gasteiger partial charge in [-0.25, -0.2) is 9.97 Å². The highest BCUT2D eigenvalue weighted by Gasteiger charge is 2.17. The Morgan fingerprint density at radius 2 is 0.970 bits per heavy atom. The summed E-state index contributed by atoms with van der Waals surface area (Å²) in [6.07, 6.45) is 4.84. The Balaban J connectivity index is 1.49. The number of rotatable bonds is 4. The van der Waals surface area contributed by atoms with E-state index < -0.39 is 0 Å². The number of aromatic nitrogens is 4. The lowest BCUT2D eigenvalue weighted by molar-refractivity contribution is 1.07. The maximum atomic E-state index is 5.10. The van der Waals surface area contributed by atoms with Crippen LogP contribution >= 0.6 is 0 Å². The molecule has 0 N–H and O–H groups in total. The van der Waals surface area contributed by atoms with Crippen LogP contribution < -0.4 is 0 Å². The first kappa shape index (κ1) is 19.5. The van der Waals surface area contributed by atoms with Gasteiger partial charge in [0, 0.05) is 29.9 Å². The van der Waals surface area contributed by atoms with Crippen molar-refractivity contribution in [3.8, 4) is 22.8 Å². The SMILES string of the molecule is Cc1ccc(-c2nc(Cc3nc(-c4ccc(C)cc4)n4ccccc34)c3ccccn23)cc1. The van der Waals surface area contributed by atoms with Gasteiger partial charge in [0.15, 0.2) is 0 Å². The molecule has 4 nitrogen and oxygen atoms in total. The summed E-state index contributed by atoms with van der Waals surface area (Å²) in [5, 5.41) is 0. The molecule has 6 rings (SSSR count). The van der Waals surface area contributed by atoms with Crippen LogP contribution in [-0.4, -0.2) is 18.8 Å². The van der Waals surface area contributed by atoms with E-state index in [4.69, 9.17) is 9.97 Å². The summed E-state index contributed by atoms with van der Waals surface area (Å²) in [5.41, 5.74) is 9.01. The van der Waals surface area contributed by atoms with Crippen LogP contribution in [0, 0.1) is 13.8 Å². The second-order valence-electron chi connectivity index (χ2n) is 8.58. The molecule has 0 bridgehead atoms. The monoisotopic (exact) mass is 428 g/mol. The average Bonchev–Trinajstić information content (AvgIpc) is 3.40. The summed E-state index contributed by atoms with van der Waals surface area (Å²) in [6, 6.07) is 29.6. The zero-order chi connectivity index (χ0) is 22.4. The van der Waals surface area contributed by atoms with Crippen LogP contribution in [0.2, 0.25) is 0 Å². The molecule has 0 radical (unpaired) electrons. The molecular formula is C29H24N4. The van der Waals surface area contributed by atoms with E-state index in [-0.39, 0.29) is 0 Å². The predicted octanol–water partition coefficient (Wildman–Crippen LogP) is 6.52. The second kappa shape index (κ2) is 7.75. The number of hydrogen-bond donors (Lipinski definition) is 0. The van der Waals surface area contributed by atoms with Gasteiger partial charge in [0.25, 0.3) is 0 Å². The Kier molecular flexibility index (Phi) is 4.58. The van der Waals surface area contributed by atoms with E-state index in [2.05, 4.69) is 120 Å². The van der Waals surface area contributed by atoms with Gasteiger partial charge in [0.2, 0.25) is 0 Å². The van der Waals surface area contributed by atoms with Crippen molar-refractivity contribution in [2.24, 2.45) is 0 Å².